The first-order valence-electron chi connectivity index (χ1n) is 8.36. The third-order valence-corrected chi connectivity index (χ3v) is 5.41. The number of benzene rings is 2. The number of aryl methyl sites for hydroxylation is 1. The Balaban J connectivity index is 1.70. The smallest absolute Gasteiger partial charge is 0.234 e. The Morgan fingerprint density at radius 3 is 2.59 bits per heavy atom. The molecule has 27 heavy (non-hydrogen) atoms. The van der Waals surface area contributed by atoms with Crippen molar-refractivity contribution in [3.05, 3.63) is 58.1 Å². The van der Waals surface area contributed by atoms with Crippen LogP contribution in [0.4, 0.5) is 5.69 Å². The molecule has 0 saturated carbocycles. The van der Waals surface area contributed by atoms with Crippen LogP contribution < -0.4 is 5.32 Å². The van der Waals surface area contributed by atoms with Gasteiger partial charge in [0.1, 0.15) is 0 Å². The quantitative estimate of drug-likeness (QED) is 0.548. The van der Waals surface area contributed by atoms with Crippen LogP contribution in [0.2, 0.25) is 10.0 Å². The molecule has 0 spiro atoms. The van der Waals surface area contributed by atoms with E-state index in [2.05, 4.69) is 15.5 Å². The lowest BCUT2D eigenvalue weighted by atomic mass is 10.1. The molecular formula is C19H18Cl2N4OS. The van der Waals surface area contributed by atoms with Crippen LogP contribution in [0, 0.1) is 6.92 Å². The maximum Gasteiger partial charge on any atom is 0.234 e. The van der Waals surface area contributed by atoms with E-state index in [9.17, 15) is 4.79 Å². The number of hydrogen-bond donors (Lipinski definition) is 1. The molecule has 0 atom stereocenters. The number of hydrogen-bond acceptors (Lipinski definition) is 4. The topological polar surface area (TPSA) is 59.8 Å². The second-order valence-corrected chi connectivity index (χ2v) is 7.66. The van der Waals surface area contributed by atoms with E-state index in [1.165, 1.54) is 17.3 Å². The average Bonchev–Trinajstić information content (AvgIpc) is 3.06. The van der Waals surface area contributed by atoms with Crippen LogP contribution in [-0.4, -0.2) is 26.4 Å². The zero-order valence-corrected chi connectivity index (χ0v) is 17.2. The van der Waals surface area contributed by atoms with Crippen molar-refractivity contribution in [1.29, 1.82) is 0 Å². The van der Waals surface area contributed by atoms with E-state index in [-0.39, 0.29) is 11.7 Å². The lowest BCUT2D eigenvalue weighted by Gasteiger charge is -2.09. The summed E-state index contributed by atoms with van der Waals surface area (Å²) >= 11 is 13.4. The molecule has 1 aromatic heterocycles. The van der Waals surface area contributed by atoms with E-state index < -0.39 is 0 Å². The third kappa shape index (κ3) is 4.83. The average molecular weight is 421 g/mol. The van der Waals surface area contributed by atoms with Gasteiger partial charge >= 0.3 is 0 Å². The monoisotopic (exact) mass is 420 g/mol. The summed E-state index contributed by atoms with van der Waals surface area (Å²) < 4.78 is 2.00. The number of nitrogens with zero attached hydrogens (tertiary/aromatic N) is 3. The maximum absolute atomic E-state index is 12.3. The number of carbonyl (C=O) groups excluding carboxylic acids is 1. The molecule has 0 aliphatic carbocycles. The molecule has 1 amide bonds. The summed E-state index contributed by atoms with van der Waals surface area (Å²) in [5.74, 6) is 0.791. The number of rotatable bonds is 6. The second-order valence-electron chi connectivity index (χ2n) is 5.88. The molecule has 0 radical (unpaired) electrons. The van der Waals surface area contributed by atoms with Crippen LogP contribution in [-0.2, 0) is 11.3 Å². The first-order chi connectivity index (χ1) is 13.0. The predicted molar refractivity (Wildman–Crippen MR) is 112 cm³/mol. The van der Waals surface area contributed by atoms with Gasteiger partial charge in [0.05, 0.1) is 16.5 Å². The number of amides is 1. The van der Waals surface area contributed by atoms with Crippen LogP contribution in [0.1, 0.15) is 12.5 Å². The fourth-order valence-electron chi connectivity index (χ4n) is 2.51. The molecule has 1 N–H and O–H groups in total. The van der Waals surface area contributed by atoms with Crippen LogP contribution >= 0.6 is 35.0 Å². The van der Waals surface area contributed by atoms with Crippen LogP contribution in [0.15, 0.2) is 47.6 Å². The number of nitrogens with one attached hydrogen (secondary N) is 1. The summed E-state index contributed by atoms with van der Waals surface area (Å²) in [6.07, 6.45) is 0. The normalized spacial score (nSPS) is 10.8. The summed E-state index contributed by atoms with van der Waals surface area (Å²) in [5, 5.41) is 13.0. The number of aromatic nitrogens is 3. The van der Waals surface area contributed by atoms with Crippen molar-refractivity contribution in [2.24, 2.45) is 0 Å². The second kappa shape index (κ2) is 8.78. The predicted octanol–water partition coefficient (Wildman–Crippen LogP) is 5.31. The minimum atomic E-state index is -0.188. The largest absolute Gasteiger partial charge is 0.324 e. The Labute approximate surface area is 172 Å². The van der Waals surface area contributed by atoms with E-state index >= 15 is 0 Å². The summed E-state index contributed by atoms with van der Waals surface area (Å²) in [5.41, 5.74) is 2.68. The zero-order chi connectivity index (χ0) is 19.4. The third-order valence-electron chi connectivity index (χ3n) is 3.88. The van der Waals surface area contributed by atoms with Gasteiger partial charge in [0, 0.05) is 17.1 Å². The number of carbonyl (C=O) groups is 1. The Kier molecular flexibility index (Phi) is 6.42. The van der Waals surface area contributed by atoms with Crippen molar-refractivity contribution in [1.82, 2.24) is 14.8 Å². The van der Waals surface area contributed by atoms with Crippen molar-refractivity contribution in [3.8, 4) is 11.4 Å². The van der Waals surface area contributed by atoms with Gasteiger partial charge in [0.2, 0.25) is 5.91 Å². The number of thioether (sulfide) groups is 1. The summed E-state index contributed by atoms with van der Waals surface area (Å²) in [6.45, 7) is 4.78. The summed E-state index contributed by atoms with van der Waals surface area (Å²) in [4.78, 5) is 12.3. The van der Waals surface area contributed by atoms with Gasteiger partial charge in [-0.15, -0.1) is 10.2 Å². The van der Waals surface area contributed by atoms with Crippen molar-refractivity contribution in [2.45, 2.75) is 25.5 Å². The molecule has 0 saturated heterocycles. The molecule has 0 unspecified atom stereocenters. The summed E-state index contributed by atoms with van der Waals surface area (Å²) in [6, 6.07) is 13.1. The Hall–Kier alpha value is -2.02. The van der Waals surface area contributed by atoms with E-state index in [0.29, 0.717) is 27.4 Å². The van der Waals surface area contributed by atoms with Crippen LogP contribution in [0.25, 0.3) is 11.4 Å². The number of halogens is 2. The first kappa shape index (κ1) is 19.7. The van der Waals surface area contributed by atoms with Crippen LogP contribution in [0.5, 0.6) is 0 Å². The van der Waals surface area contributed by atoms with Gasteiger partial charge < -0.3 is 9.88 Å². The highest BCUT2D eigenvalue weighted by Crippen LogP contribution is 2.27. The molecule has 5 nitrogen and oxygen atoms in total. The standard InChI is InChI=1S/C19H18Cl2N4OS/c1-3-25-18(13-6-4-12(2)5-7-13)23-24-19(25)27-11-17(26)22-16-10-14(20)8-9-15(16)21/h4-10H,3,11H2,1-2H3,(H,22,26). The van der Waals surface area contributed by atoms with E-state index in [1.54, 1.807) is 18.2 Å². The molecular weight excluding hydrogens is 403 g/mol. The molecule has 1 heterocycles. The highest BCUT2D eigenvalue weighted by molar-refractivity contribution is 7.99. The minimum Gasteiger partial charge on any atom is -0.324 e. The molecule has 8 heteroatoms. The molecule has 0 aliphatic heterocycles. The van der Waals surface area contributed by atoms with Gasteiger partial charge in [0.15, 0.2) is 11.0 Å². The lowest BCUT2D eigenvalue weighted by Crippen LogP contribution is -2.15. The molecule has 2 aromatic carbocycles. The fraction of sp³-hybridized carbons (Fsp3) is 0.211. The first-order valence-corrected chi connectivity index (χ1v) is 10.1. The molecule has 0 fully saturated rings. The van der Waals surface area contributed by atoms with Gasteiger partial charge in [-0.1, -0.05) is 64.8 Å². The van der Waals surface area contributed by atoms with Gasteiger partial charge in [-0.25, -0.2) is 0 Å². The molecule has 140 valence electrons. The highest BCUT2D eigenvalue weighted by Gasteiger charge is 2.15. The Morgan fingerprint density at radius 1 is 1.15 bits per heavy atom. The van der Waals surface area contributed by atoms with Crippen molar-refractivity contribution >= 4 is 46.6 Å². The van der Waals surface area contributed by atoms with Crippen LogP contribution in [0.3, 0.4) is 0 Å². The fourth-order valence-corrected chi connectivity index (χ4v) is 3.65. The van der Waals surface area contributed by atoms with E-state index in [0.717, 1.165) is 11.4 Å². The number of anilines is 1. The Bertz CT molecular complexity index is 957. The summed E-state index contributed by atoms with van der Waals surface area (Å²) in [7, 11) is 0. The van der Waals surface area contributed by atoms with Gasteiger partial charge in [-0.2, -0.15) is 0 Å². The van der Waals surface area contributed by atoms with Crippen molar-refractivity contribution in [2.75, 3.05) is 11.1 Å². The zero-order valence-electron chi connectivity index (χ0n) is 14.9. The van der Waals surface area contributed by atoms with E-state index in [4.69, 9.17) is 23.2 Å². The molecule has 3 rings (SSSR count). The highest BCUT2D eigenvalue weighted by atomic mass is 35.5. The SMILES string of the molecule is CCn1c(SCC(=O)Nc2cc(Cl)ccc2Cl)nnc1-c1ccc(C)cc1. The van der Waals surface area contributed by atoms with Crippen molar-refractivity contribution in [3.63, 3.8) is 0 Å². The molecule has 3 aromatic rings. The van der Waals surface area contributed by atoms with E-state index in [1.807, 2.05) is 42.7 Å². The van der Waals surface area contributed by atoms with Gasteiger partial charge in [0.25, 0.3) is 0 Å². The molecule has 0 bridgehead atoms. The maximum atomic E-state index is 12.3. The lowest BCUT2D eigenvalue weighted by molar-refractivity contribution is -0.113. The van der Waals surface area contributed by atoms with Crippen molar-refractivity contribution < 1.29 is 4.79 Å². The minimum absolute atomic E-state index is 0.188. The van der Waals surface area contributed by atoms with Gasteiger partial charge in [-0.05, 0) is 32.0 Å². The molecule has 0 aliphatic rings. The Morgan fingerprint density at radius 2 is 1.89 bits per heavy atom. The van der Waals surface area contributed by atoms with Gasteiger partial charge in [-0.3, -0.25) is 4.79 Å².